The Balaban J connectivity index is 2.02. The van der Waals surface area contributed by atoms with Crippen LogP contribution in [0, 0.1) is 5.92 Å². The van der Waals surface area contributed by atoms with Crippen molar-refractivity contribution in [1.82, 2.24) is 10.3 Å². The number of oxazole rings is 1. The topological polar surface area (TPSA) is 72.2 Å². The van der Waals surface area contributed by atoms with Crippen LogP contribution in [0.2, 0.25) is 0 Å². The van der Waals surface area contributed by atoms with E-state index in [0.29, 0.717) is 22.9 Å². The van der Waals surface area contributed by atoms with E-state index in [1.807, 2.05) is 0 Å². The van der Waals surface area contributed by atoms with Gasteiger partial charge in [-0.05, 0) is 43.5 Å². The van der Waals surface area contributed by atoms with E-state index in [4.69, 9.17) is 4.42 Å². The molecular weight excluding hydrogens is 276 g/mol. The molecule has 1 aromatic carbocycles. The van der Waals surface area contributed by atoms with Crippen molar-refractivity contribution in [3.8, 4) is 0 Å². The van der Waals surface area contributed by atoms with Gasteiger partial charge in [0.25, 0.3) is 0 Å². The largest absolute Gasteiger partial charge is 0.439 e. The van der Waals surface area contributed by atoms with E-state index >= 15 is 0 Å². The molecule has 2 aromatic rings. The van der Waals surface area contributed by atoms with Gasteiger partial charge < -0.3 is 9.73 Å². The van der Waals surface area contributed by atoms with Gasteiger partial charge in [0.05, 0.1) is 10.9 Å². The van der Waals surface area contributed by atoms with Crippen LogP contribution in [-0.4, -0.2) is 26.2 Å². The highest BCUT2D eigenvalue weighted by atomic mass is 32.2. The minimum absolute atomic E-state index is 0.109. The molecule has 1 aliphatic heterocycles. The van der Waals surface area contributed by atoms with Gasteiger partial charge in [0.1, 0.15) is 5.52 Å². The molecule has 20 heavy (non-hydrogen) atoms. The van der Waals surface area contributed by atoms with Crippen LogP contribution in [-0.2, 0) is 9.84 Å². The molecule has 2 unspecified atom stereocenters. The lowest BCUT2D eigenvalue weighted by Crippen LogP contribution is -2.32. The highest BCUT2D eigenvalue weighted by Gasteiger charge is 2.27. The summed E-state index contributed by atoms with van der Waals surface area (Å²) in [6, 6.07) is 4.92. The lowest BCUT2D eigenvalue weighted by Gasteiger charge is -2.27. The van der Waals surface area contributed by atoms with Crippen molar-refractivity contribution < 1.29 is 12.8 Å². The third kappa shape index (κ3) is 2.45. The van der Waals surface area contributed by atoms with E-state index in [-0.39, 0.29) is 10.9 Å². The number of piperidine rings is 1. The zero-order chi connectivity index (χ0) is 14.3. The van der Waals surface area contributed by atoms with Gasteiger partial charge in [0.15, 0.2) is 15.4 Å². The van der Waals surface area contributed by atoms with Gasteiger partial charge in [-0.15, -0.1) is 0 Å². The van der Waals surface area contributed by atoms with Gasteiger partial charge in [-0.1, -0.05) is 6.92 Å². The lowest BCUT2D eigenvalue weighted by atomic mass is 9.93. The fraction of sp³-hybridized carbons (Fsp3) is 0.500. The molecule has 1 saturated heterocycles. The fourth-order valence-electron chi connectivity index (χ4n) is 2.67. The summed E-state index contributed by atoms with van der Waals surface area (Å²) in [5.41, 5.74) is 1.23. The molecule has 0 spiro atoms. The molecule has 108 valence electrons. The number of rotatable bonds is 2. The Morgan fingerprint density at radius 3 is 2.90 bits per heavy atom. The molecule has 1 aliphatic rings. The zero-order valence-corrected chi connectivity index (χ0v) is 12.4. The second-order valence-electron chi connectivity index (χ2n) is 5.51. The summed E-state index contributed by atoms with van der Waals surface area (Å²) >= 11 is 0. The maximum absolute atomic E-state index is 11.6. The van der Waals surface area contributed by atoms with Gasteiger partial charge in [0, 0.05) is 6.26 Å². The van der Waals surface area contributed by atoms with E-state index in [1.165, 1.54) is 6.26 Å². The molecule has 0 saturated carbocycles. The van der Waals surface area contributed by atoms with Crippen LogP contribution in [0.15, 0.2) is 27.5 Å². The molecule has 0 bridgehead atoms. The second-order valence-corrected chi connectivity index (χ2v) is 7.52. The van der Waals surface area contributed by atoms with Gasteiger partial charge in [-0.3, -0.25) is 0 Å². The van der Waals surface area contributed by atoms with Crippen molar-refractivity contribution in [3.63, 3.8) is 0 Å². The second kappa shape index (κ2) is 4.86. The van der Waals surface area contributed by atoms with Gasteiger partial charge in [-0.2, -0.15) is 0 Å². The predicted molar refractivity (Wildman–Crippen MR) is 76.3 cm³/mol. The Bertz CT molecular complexity index is 736. The van der Waals surface area contributed by atoms with Crippen molar-refractivity contribution >= 4 is 20.9 Å². The normalized spacial score (nSPS) is 24.1. The minimum atomic E-state index is -3.22. The number of benzene rings is 1. The summed E-state index contributed by atoms with van der Waals surface area (Å²) in [4.78, 5) is 4.74. The number of hydrogen-bond acceptors (Lipinski definition) is 5. The van der Waals surface area contributed by atoms with Crippen molar-refractivity contribution in [2.45, 2.75) is 30.7 Å². The molecule has 3 rings (SSSR count). The Hall–Kier alpha value is -1.40. The van der Waals surface area contributed by atoms with Crippen molar-refractivity contribution in [2.75, 3.05) is 12.8 Å². The van der Waals surface area contributed by atoms with E-state index in [1.54, 1.807) is 18.2 Å². The highest BCUT2D eigenvalue weighted by Crippen LogP contribution is 2.30. The molecule has 6 heteroatoms. The quantitative estimate of drug-likeness (QED) is 0.920. The number of hydrogen-bond donors (Lipinski definition) is 1. The molecule has 0 radical (unpaired) electrons. The van der Waals surface area contributed by atoms with E-state index in [2.05, 4.69) is 17.2 Å². The van der Waals surface area contributed by atoms with Crippen molar-refractivity contribution in [2.24, 2.45) is 5.92 Å². The van der Waals surface area contributed by atoms with Crippen molar-refractivity contribution in [3.05, 3.63) is 24.1 Å². The molecule has 2 atom stereocenters. The first-order valence-electron chi connectivity index (χ1n) is 6.79. The summed E-state index contributed by atoms with van der Waals surface area (Å²) in [6.07, 6.45) is 3.50. The first-order chi connectivity index (χ1) is 9.45. The molecule has 0 aliphatic carbocycles. The minimum Gasteiger partial charge on any atom is -0.439 e. The van der Waals surface area contributed by atoms with Gasteiger partial charge in [-0.25, -0.2) is 13.4 Å². The number of fused-ring (bicyclic) bond motifs is 1. The monoisotopic (exact) mass is 294 g/mol. The first-order valence-corrected chi connectivity index (χ1v) is 8.68. The van der Waals surface area contributed by atoms with E-state index < -0.39 is 9.84 Å². The Kier molecular flexibility index (Phi) is 3.30. The molecule has 1 fully saturated rings. The first kappa shape index (κ1) is 13.6. The van der Waals surface area contributed by atoms with Gasteiger partial charge >= 0.3 is 0 Å². The molecule has 2 heterocycles. The molecule has 1 N–H and O–H groups in total. The molecule has 1 aromatic heterocycles. The Labute approximate surface area is 118 Å². The summed E-state index contributed by atoms with van der Waals surface area (Å²) in [5, 5.41) is 3.42. The Morgan fingerprint density at radius 2 is 2.20 bits per heavy atom. The van der Waals surface area contributed by atoms with Crippen LogP contribution < -0.4 is 5.32 Å². The third-order valence-corrected chi connectivity index (χ3v) is 4.95. The molecular formula is C14H18N2O3S. The van der Waals surface area contributed by atoms with E-state index in [0.717, 1.165) is 19.4 Å². The summed E-state index contributed by atoms with van der Waals surface area (Å²) in [7, 11) is -3.22. The van der Waals surface area contributed by atoms with Gasteiger partial charge in [0.2, 0.25) is 5.89 Å². The van der Waals surface area contributed by atoms with Crippen LogP contribution in [0.25, 0.3) is 11.1 Å². The Morgan fingerprint density at radius 1 is 1.40 bits per heavy atom. The maximum atomic E-state index is 11.6. The summed E-state index contributed by atoms with van der Waals surface area (Å²) in [6.45, 7) is 3.13. The number of sulfone groups is 1. The van der Waals surface area contributed by atoms with Crippen LogP contribution in [0.4, 0.5) is 0 Å². The van der Waals surface area contributed by atoms with E-state index in [9.17, 15) is 8.42 Å². The lowest BCUT2D eigenvalue weighted by molar-refractivity contribution is 0.264. The van der Waals surface area contributed by atoms with Crippen LogP contribution in [0.5, 0.6) is 0 Å². The predicted octanol–water partition coefficient (Wildman–Crippen LogP) is 2.29. The van der Waals surface area contributed by atoms with Crippen LogP contribution >= 0.6 is 0 Å². The number of aromatic nitrogens is 1. The molecule has 0 amide bonds. The zero-order valence-electron chi connectivity index (χ0n) is 11.6. The summed E-state index contributed by atoms with van der Waals surface area (Å²) in [5.74, 6) is 1.11. The highest BCUT2D eigenvalue weighted by molar-refractivity contribution is 7.90. The molecule has 5 nitrogen and oxygen atoms in total. The fourth-order valence-corrected chi connectivity index (χ4v) is 3.31. The number of nitrogens with zero attached hydrogens (tertiary/aromatic N) is 1. The number of nitrogens with one attached hydrogen (secondary N) is 1. The van der Waals surface area contributed by atoms with Crippen LogP contribution in [0.3, 0.4) is 0 Å². The average Bonchev–Trinajstić information content (AvgIpc) is 2.80. The van der Waals surface area contributed by atoms with Crippen molar-refractivity contribution in [1.29, 1.82) is 0 Å². The summed E-state index contributed by atoms with van der Waals surface area (Å²) < 4.78 is 28.9. The standard InChI is InChI=1S/C14H18N2O3S/c1-9-4-3-7-15-13(9)14-16-11-8-10(20(2,17)18)5-6-12(11)19-14/h5-6,8-9,13,15H,3-4,7H2,1-2H3. The maximum Gasteiger partial charge on any atom is 0.212 e. The van der Waals surface area contributed by atoms with Crippen LogP contribution in [0.1, 0.15) is 31.7 Å². The average molecular weight is 294 g/mol. The smallest absolute Gasteiger partial charge is 0.212 e. The third-order valence-electron chi connectivity index (χ3n) is 3.84. The SMILES string of the molecule is CC1CCCNC1c1nc2cc(S(C)(=O)=O)ccc2o1.